The summed E-state index contributed by atoms with van der Waals surface area (Å²) < 4.78 is 22.6. The Balaban J connectivity index is 0.00000128. The topological polar surface area (TPSA) is 51.2 Å². The van der Waals surface area contributed by atoms with Gasteiger partial charge in [-0.15, -0.1) is 0 Å². The van der Waals surface area contributed by atoms with Gasteiger partial charge in [-0.1, -0.05) is 30.3 Å². The average molecular weight is 244 g/mol. The van der Waals surface area contributed by atoms with Gasteiger partial charge in [0, 0.05) is 0 Å². The average Bonchev–Trinajstić information content (AvgIpc) is 2.28. The molecule has 5 heteroatoms. The van der Waals surface area contributed by atoms with Crippen molar-refractivity contribution in [2.24, 2.45) is 0 Å². The van der Waals surface area contributed by atoms with E-state index in [2.05, 4.69) is 0 Å². The Morgan fingerprint density at radius 2 is 1.62 bits per heavy atom. The molecular weight excluding hydrogens is 235 g/mol. The van der Waals surface area contributed by atoms with Gasteiger partial charge in [0.05, 0.1) is 4.90 Å². The van der Waals surface area contributed by atoms with Gasteiger partial charge < -0.3 is 1.43 Å². The molecule has 0 atom stereocenters. The van der Waals surface area contributed by atoms with Gasteiger partial charge >= 0.3 is 29.6 Å². The Morgan fingerprint density at radius 3 is 2.25 bits per heavy atom. The molecule has 0 saturated carbocycles. The minimum absolute atomic E-state index is 0. The van der Waals surface area contributed by atoms with Crippen LogP contribution in [0.5, 0.6) is 0 Å². The zero-order chi connectivity index (χ0) is 10.9. The van der Waals surface area contributed by atoms with Crippen LogP contribution in [0.15, 0.2) is 47.4 Å². The number of hydrogen-bond acceptors (Lipinski definition) is 3. The number of rotatable bonds is 2. The molecule has 0 fully saturated rings. The summed E-state index contributed by atoms with van der Waals surface area (Å²) in [7, 11) is -3.77. The Hall–Kier alpha value is -0.680. The quantitative estimate of drug-likeness (QED) is 0.499. The van der Waals surface area contributed by atoms with Crippen LogP contribution in [-0.4, -0.2) is 14.0 Å². The number of hydrogen-bond donors (Lipinski definition) is 0. The number of carbonyl (C=O) groups excluding carboxylic acids is 1. The molecule has 0 unspecified atom stereocenters. The summed E-state index contributed by atoms with van der Waals surface area (Å²) in [6.07, 6.45) is 0. The molecule has 0 heterocycles. The maximum absolute atomic E-state index is 11.3. The molecular formula is C11H9NaO3S. The number of fused-ring (bicyclic) bond motifs is 1. The summed E-state index contributed by atoms with van der Waals surface area (Å²) in [6.45, 7) is 0. The van der Waals surface area contributed by atoms with Gasteiger partial charge in [-0.2, -0.15) is 0 Å². The Bertz CT molecular complexity index is 625. The van der Waals surface area contributed by atoms with Crippen molar-refractivity contribution >= 4 is 26.2 Å². The van der Waals surface area contributed by atoms with Gasteiger partial charge in [0.25, 0.3) is 0 Å². The molecule has 0 bridgehead atoms. The summed E-state index contributed by atoms with van der Waals surface area (Å²) >= 11 is 0. The second-order valence-corrected chi connectivity index (χ2v) is 4.90. The Kier molecular flexibility index (Phi) is 4.27. The van der Waals surface area contributed by atoms with E-state index in [1.54, 1.807) is 12.1 Å². The molecule has 2 aromatic carbocycles. The molecule has 3 nitrogen and oxygen atoms in total. The van der Waals surface area contributed by atoms with Crippen molar-refractivity contribution in [3.8, 4) is 0 Å². The summed E-state index contributed by atoms with van der Waals surface area (Å²) in [5, 5.41) is 1.75. The zero-order valence-electron chi connectivity index (χ0n) is 9.75. The molecule has 0 spiro atoms. The van der Waals surface area contributed by atoms with Crippen molar-refractivity contribution in [3.63, 3.8) is 0 Å². The SMILES string of the molecule is O=CS(=O)(=O)c1ccc2ccccc2c1.[H-].[Na+]. The third-order valence-corrected chi connectivity index (χ3v) is 3.34. The maximum Gasteiger partial charge on any atom is 1.00 e. The second-order valence-electron chi connectivity index (χ2n) is 3.15. The molecule has 0 aromatic heterocycles. The van der Waals surface area contributed by atoms with Crippen LogP contribution in [0.1, 0.15) is 1.43 Å². The van der Waals surface area contributed by atoms with E-state index in [1.807, 2.05) is 18.2 Å². The van der Waals surface area contributed by atoms with Crippen molar-refractivity contribution < 1.29 is 44.2 Å². The standard InChI is InChI=1S/C11H8O3S.Na.H/c12-8-15(13,14)11-6-5-9-3-1-2-4-10(9)7-11;;/h1-8H;;/q;+1;-1. The third-order valence-electron chi connectivity index (χ3n) is 2.18. The summed E-state index contributed by atoms with van der Waals surface area (Å²) in [5.74, 6) is 0. The van der Waals surface area contributed by atoms with Crippen molar-refractivity contribution in [2.75, 3.05) is 0 Å². The fraction of sp³-hybridized carbons (Fsp3) is 0. The fourth-order valence-corrected chi connectivity index (χ4v) is 2.06. The van der Waals surface area contributed by atoms with Crippen LogP contribution in [0.25, 0.3) is 10.8 Å². The van der Waals surface area contributed by atoms with Crippen LogP contribution in [0.4, 0.5) is 0 Å². The summed E-state index contributed by atoms with van der Waals surface area (Å²) in [5.41, 5.74) is -0.0306. The Labute approximate surface area is 117 Å². The monoisotopic (exact) mass is 244 g/mol. The zero-order valence-corrected chi connectivity index (χ0v) is 11.6. The first-order valence-corrected chi connectivity index (χ1v) is 5.87. The molecule has 0 saturated heterocycles. The maximum atomic E-state index is 11.3. The van der Waals surface area contributed by atoms with E-state index in [1.165, 1.54) is 12.1 Å². The first-order valence-electron chi connectivity index (χ1n) is 4.32. The van der Waals surface area contributed by atoms with E-state index < -0.39 is 9.84 Å². The molecule has 0 radical (unpaired) electrons. The van der Waals surface area contributed by atoms with Crippen LogP contribution >= 0.6 is 0 Å². The number of sulfone groups is 1. The predicted octanol–water partition coefficient (Wildman–Crippen LogP) is -1.08. The van der Waals surface area contributed by atoms with Crippen molar-refractivity contribution in [1.82, 2.24) is 0 Å². The van der Waals surface area contributed by atoms with E-state index in [0.717, 1.165) is 10.8 Å². The van der Waals surface area contributed by atoms with Gasteiger partial charge in [-0.25, -0.2) is 8.42 Å². The van der Waals surface area contributed by atoms with E-state index in [0.29, 0.717) is 0 Å². The smallest absolute Gasteiger partial charge is 1.00 e. The van der Waals surface area contributed by atoms with Crippen LogP contribution in [0.3, 0.4) is 0 Å². The first kappa shape index (κ1) is 13.4. The van der Waals surface area contributed by atoms with E-state index >= 15 is 0 Å². The second kappa shape index (κ2) is 5.10. The molecule has 0 aliphatic carbocycles. The van der Waals surface area contributed by atoms with Gasteiger partial charge in [0.15, 0.2) is 0 Å². The first-order chi connectivity index (χ1) is 7.13. The van der Waals surface area contributed by atoms with Crippen LogP contribution in [0, 0.1) is 0 Å². The van der Waals surface area contributed by atoms with Crippen molar-refractivity contribution in [3.05, 3.63) is 42.5 Å². The number of carbonyl (C=O) groups is 1. The van der Waals surface area contributed by atoms with Gasteiger partial charge in [0.1, 0.15) is 0 Å². The van der Waals surface area contributed by atoms with Crippen molar-refractivity contribution in [2.45, 2.75) is 4.90 Å². The molecule has 2 rings (SSSR count). The van der Waals surface area contributed by atoms with E-state index in [-0.39, 0.29) is 41.5 Å². The molecule has 78 valence electrons. The van der Waals surface area contributed by atoms with E-state index in [4.69, 9.17) is 0 Å². The molecule has 2 aromatic rings. The third kappa shape index (κ3) is 2.52. The minimum Gasteiger partial charge on any atom is -1.00 e. The van der Waals surface area contributed by atoms with E-state index in [9.17, 15) is 13.2 Å². The van der Waals surface area contributed by atoms with Gasteiger partial charge in [0.2, 0.25) is 15.5 Å². The molecule has 0 amide bonds. The van der Waals surface area contributed by atoms with Crippen LogP contribution < -0.4 is 29.6 Å². The predicted molar refractivity (Wildman–Crippen MR) is 59.0 cm³/mol. The summed E-state index contributed by atoms with van der Waals surface area (Å²) in [6, 6.07) is 12.0. The minimum atomic E-state index is -3.77. The molecule has 0 aliphatic heterocycles. The Morgan fingerprint density at radius 1 is 1.00 bits per heavy atom. The van der Waals surface area contributed by atoms with Crippen LogP contribution in [0.2, 0.25) is 0 Å². The molecule has 16 heavy (non-hydrogen) atoms. The van der Waals surface area contributed by atoms with Gasteiger partial charge in [-0.3, -0.25) is 4.79 Å². The van der Waals surface area contributed by atoms with Crippen LogP contribution in [-0.2, 0) is 14.6 Å². The normalized spacial score (nSPS) is 10.8. The largest absolute Gasteiger partial charge is 1.00 e. The fourth-order valence-electron chi connectivity index (χ4n) is 1.40. The summed E-state index contributed by atoms with van der Waals surface area (Å²) in [4.78, 5) is 10.4. The van der Waals surface area contributed by atoms with Crippen molar-refractivity contribution in [1.29, 1.82) is 0 Å². The van der Waals surface area contributed by atoms with Gasteiger partial charge in [-0.05, 0) is 22.9 Å². The number of benzene rings is 2. The molecule has 0 N–H and O–H groups in total. The molecule has 0 aliphatic rings.